The van der Waals surface area contributed by atoms with Crippen LogP contribution in [0.25, 0.3) is 10.2 Å². The van der Waals surface area contributed by atoms with E-state index in [1.54, 1.807) is 32.5 Å². The van der Waals surface area contributed by atoms with Crippen molar-refractivity contribution in [3.63, 3.8) is 0 Å². The van der Waals surface area contributed by atoms with Crippen LogP contribution in [-0.2, 0) is 9.53 Å². The molecule has 28 heavy (non-hydrogen) atoms. The summed E-state index contributed by atoms with van der Waals surface area (Å²) in [5, 5.41) is 5.95. The molecule has 2 rings (SSSR count). The van der Waals surface area contributed by atoms with Gasteiger partial charge in [0.2, 0.25) is 5.91 Å². The maximum Gasteiger partial charge on any atom is 0.408 e. The average Bonchev–Trinajstić information content (AvgIpc) is 2.98. The van der Waals surface area contributed by atoms with Crippen molar-refractivity contribution >= 4 is 50.4 Å². The van der Waals surface area contributed by atoms with E-state index >= 15 is 0 Å². The third kappa shape index (κ3) is 6.87. The van der Waals surface area contributed by atoms with Gasteiger partial charge in [-0.25, -0.2) is 9.78 Å². The molecule has 0 saturated carbocycles. The van der Waals surface area contributed by atoms with Gasteiger partial charge in [0.25, 0.3) is 0 Å². The number of nitrogens with one attached hydrogen (secondary N) is 2. The second-order valence-electron chi connectivity index (χ2n) is 7.05. The first-order chi connectivity index (χ1) is 13.2. The number of thiazole rings is 1. The Hall–Kier alpha value is -2.00. The predicted octanol–water partition coefficient (Wildman–Crippen LogP) is 4.28. The van der Waals surface area contributed by atoms with E-state index in [1.165, 1.54) is 11.3 Å². The van der Waals surface area contributed by atoms with E-state index in [4.69, 9.17) is 9.47 Å². The maximum absolute atomic E-state index is 12.7. The molecule has 1 unspecified atom stereocenters. The van der Waals surface area contributed by atoms with Crippen LogP contribution in [-0.4, -0.2) is 47.2 Å². The molecule has 0 aliphatic carbocycles. The number of amides is 2. The van der Waals surface area contributed by atoms with Gasteiger partial charge in [0.15, 0.2) is 5.13 Å². The SMILES string of the molecule is CCOc1ccc2nc(NC(=O)C(CCSC)NC(=O)OC(C)(C)C)sc2c1. The molecule has 7 nitrogen and oxygen atoms in total. The smallest absolute Gasteiger partial charge is 0.408 e. The van der Waals surface area contributed by atoms with Crippen molar-refractivity contribution in [3.8, 4) is 5.75 Å². The van der Waals surface area contributed by atoms with E-state index in [1.807, 2.05) is 31.4 Å². The second-order valence-corrected chi connectivity index (χ2v) is 9.07. The standard InChI is InChI=1S/C19H27N3O4S2/c1-6-25-12-7-8-13-15(11-12)28-17(20-13)22-16(23)14(9-10-27-5)21-18(24)26-19(2,3)4/h7-8,11,14H,6,9-10H2,1-5H3,(H,21,24)(H,20,22,23). The Morgan fingerprint density at radius 3 is 2.71 bits per heavy atom. The zero-order valence-corrected chi connectivity index (χ0v) is 18.5. The van der Waals surface area contributed by atoms with E-state index in [9.17, 15) is 9.59 Å². The van der Waals surface area contributed by atoms with Crippen molar-refractivity contribution in [1.29, 1.82) is 0 Å². The van der Waals surface area contributed by atoms with Crippen LogP contribution in [0.1, 0.15) is 34.1 Å². The number of ether oxygens (including phenoxy) is 2. The van der Waals surface area contributed by atoms with Crippen LogP contribution in [0.3, 0.4) is 0 Å². The number of aromatic nitrogens is 1. The molecule has 0 radical (unpaired) electrons. The van der Waals surface area contributed by atoms with Crippen LogP contribution in [0.5, 0.6) is 5.75 Å². The van der Waals surface area contributed by atoms with Crippen LogP contribution in [0.15, 0.2) is 18.2 Å². The van der Waals surface area contributed by atoms with Crippen molar-refractivity contribution in [1.82, 2.24) is 10.3 Å². The Balaban J connectivity index is 2.09. The predicted molar refractivity (Wildman–Crippen MR) is 116 cm³/mol. The molecular formula is C19H27N3O4S2. The third-order valence-corrected chi connectivity index (χ3v) is 5.10. The highest BCUT2D eigenvalue weighted by molar-refractivity contribution is 7.98. The molecule has 0 aliphatic rings. The molecule has 154 valence electrons. The zero-order valence-electron chi connectivity index (χ0n) is 16.8. The van der Waals surface area contributed by atoms with Crippen LogP contribution in [0.2, 0.25) is 0 Å². The van der Waals surface area contributed by atoms with Gasteiger partial charge in [0.1, 0.15) is 17.4 Å². The topological polar surface area (TPSA) is 89.5 Å². The van der Waals surface area contributed by atoms with Gasteiger partial charge < -0.3 is 20.1 Å². The van der Waals surface area contributed by atoms with Gasteiger partial charge in [0, 0.05) is 0 Å². The summed E-state index contributed by atoms with van der Waals surface area (Å²) in [6.45, 7) is 7.85. The lowest BCUT2D eigenvalue weighted by molar-refractivity contribution is -0.118. The molecule has 0 spiro atoms. The monoisotopic (exact) mass is 425 g/mol. The maximum atomic E-state index is 12.7. The van der Waals surface area contributed by atoms with Gasteiger partial charge in [-0.2, -0.15) is 11.8 Å². The molecule has 1 aromatic heterocycles. The van der Waals surface area contributed by atoms with E-state index in [0.29, 0.717) is 18.2 Å². The number of alkyl carbamates (subject to hydrolysis) is 1. The van der Waals surface area contributed by atoms with Gasteiger partial charge in [-0.05, 0) is 64.3 Å². The first-order valence-corrected chi connectivity index (χ1v) is 11.3. The van der Waals surface area contributed by atoms with Crippen molar-refractivity contribution in [2.75, 3.05) is 23.9 Å². The molecule has 2 aromatic rings. The molecule has 1 heterocycles. The van der Waals surface area contributed by atoms with Gasteiger partial charge in [-0.3, -0.25) is 4.79 Å². The number of anilines is 1. The lowest BCUT2D eigenvalue weighted by atomic mass is 10.2. The normalized spacial score (nSPS) is 12.5. The van der Waals surface area contributed by atoms with Crippen molar-refractivity contribution in [2.45, 2.75) is 45.8 Å². The Bertz CT molecular complexity index is 817. The summed E-state index contributed by atoms with van der Waals surface area (Å²) < 4.78 is 11.7. The fourth-order valence-electron chi connectivity index (χ4n) is 2.36. The molecule has 2 N–H and O–H groups in total. The van der Waals surface area contributed by atoms with Gasteiger partial charge in [-0.15, -0.1) is 0 Å². The molecule has 1 atom stereocenters. The minimum absolute atomic E-state index is 0.316. The summed E-state index contributed by atoms with van der Waals surface area (Å²) in [6, 6.07) is 4.91. The number of rotatable bonds is 8. The summed E-state index contributed by atoms with van der Waals surface area (Å²) in [6.07, 6.45) is 1.83. The Kier molecular flexibility index (Phi) is 7.94. The molecule has 1 aromatic carbocycles. The van der Waals surface area contributed by atoms with Crippen LogP contribution in [0.4, 0.5) is 9.93 Å². The molecule has 9 heteroatoms. The molecule has 2 amide bonds. The summed E-state index contributed by atoms with van der Waals surface area (Å²) in [5.41, 5.74) is 0.153. The molecule has 0 bridgehead atoms. The summed E-state index contributed by atoms with van der Waals surface area (Å²) >= 11 is 2.97. The Morgan fingerprint density at radius 2 is 2.07 bits per heavy atom. The second kappa shape index (κ2) is 9.97. The fourth-order valence-corrected chi connectivity index (χ4v) is 3.73. The first-order valence-electron chi connectivity index (χ1n) is 9.04. The number of carbonyl (C=O) groups excluding carboxylic acids is 2. The summed E-state index contributed by atoms with van der Waals surface area (Å²) in [5.74, 6) is 1.18. The number of benzene rings is 1. The van der Waals surface area contributed by atoms with E-state index in [2.05, 4.69) is 15.6 Å². The van der Waals surface area contributed by atoms with E-state index in [0.717, 1.165) is 21.7 Å². The number of carbonyl (C=O) groups is 2. The quantitative estimate of drug-likeness (QED) is 0.656. The first kappa shape index (κ1) is 22.3. The summed E-state index contributed by atoms with van der Waals surface area (Å²) in [4.78, 5) is 29.2. The van der Waals surface area contributed by atoms with Gasteiger partial charge in [0.05, 0.1) is 16.8 Å². The molecular weight excluding hydrogens is 398 g/mol. The highest BCUT2D eigenvalue weighted by Gasteiger charge is 2.25. The highest BCUT2D eigenvalue weighted by atomic mass is 32.2. The van der Waals surface area contributed by atoms with E-state index in [-0.39, 0.29) is 5.91 Å². The largest absolute Gasteiger partial charge is 0.494 e. The molecule has 0 fully saturated rings. The number of hydrogen-bond acceptors (Lipinski definition) is 7. The van der Waals surface area contributed by atoms with Crippen molar-refractivity contribution < 1.29 is 19.1 Å². The minimum atomic E-state index is -0.701. The molecule has 0 saturated heterocycles. The zero-order chi connectivity index (χ0) is 20.7. The fraction of sp³-hybridized carbons (Fsp3) is 0.526. The van der Waals surface area contributed by atoms with Crippen molar-refractivity contribution in [2.24, 2.45) is 0 Å². The number of hydrogen-bond donors (Lipinski definition) is 2. The third-order valence-electron chi connectivity index (χ3n) is 3.52. The lowest BCUT2D eigenvalue weighted by Crippen LogP contribution is -2.46. The number of fused-ring (bicyclic) bond motifs is 1. The molecule has 0 aliphatic heterocycles. The van der Waals surface area contributed by atoms with Gasteiger partial charge >= 0.3 is 6.09 Å². The highest BCUT2D eigenvalue weighted by Crippen LogP contribution is 2.29. The number of thioether (sulfide) groups is 1. The van der Waals surface area contributed by atoms with Crippen molar-refractivity contribution in [3.05, 3.63) is 18.2 Å². The Labute approximate surface area is 173 Å². The number of nitrogens with zero attached hydrogens (tertiary/aromatic N) is 1. The van der Waals surface area contributed by atoms with Crippen LogP contribution < -0.4 is 15.4 Å². The van der Waals surface area contributed by atoms with Gasteiger partial charge in [-0.1, -0.05) is 11.3 Å². The lowest BCUT2D eigenvalue weighted by Gasteiger charge is -2.23. The minimum Gasteiger partial charge on any atom is -0.494 e. The summed E-state index contributed by atoms with van der Waals surface area (Å²) in [7, 11) is 0. The van der Waals surface area contributed by atoms with Crippen LogP contribution >= 0.6 is 23.1 Å². The Morgan fingerprint density at radius 1 is 1.32 bits per heavy atom. The van der Waals surface area contributed by atoms with E-state index < -0.39 is 17.7 Å². The average molecular weight is 426 g/mol. The van der Waals surface area contributed by atoms with Crippen LogP contribution in [0, 0.1) is 0 Å².